The number of fused-ring (bicyclic) bond motifs is 7. The Kier molecular flexibility index (Phi) is 8.53. The van der Waals surface area contributed by atoms with Gasteiger partial charge in [0, 0.05) is 10.8 Å². The zero-order chi connectivity index (χ0) is 33.0. The van der Waals surface area contributed by atoms with Crippen molar-refractivity contribution in [3.05, 3.63) is 11.6 Å². The Hall–Kier alpha value is -0.620. The second kappa shape index (κ2) is 11.2. The lowest BCUT2D eigenvalue weighted by Gasteiger charge is -2.72. The summed E-state index contributed by atoms with van der Waals surface area (Å²) in [6.45, 7) is 13.3. The van der Waals surface area contributed by atoms with Gasteiger partial charge in [0.15, 0.2) is 6.29 Å². The molecule has 45 heavy (non-hydrogen) atoms. The molecule has 6 aliphatic rings. The molecule has 1 heterocycles. The van der Waals surface area contributed by atoms with E-state index in [1.807, 2.05) is 0 Å². The van der Waals surface area contributed by atoms with Gasteiger partial charge >= 0.3 is 0 Å². The van der Waals surface area contributed by atoms with E-state index in [0.717, 1.165) is 44.9 Å². The van der Waals surface area contributed by atoms with Crippen molar-refractivity contribution in [1.82, 2.24) is 0 Å². The summed E-state index contributed by atoms with van der Waals surface area (Å²) in [4.78, 5) is 0. The van der Waals surface area contributed by atoms with Crippen LogP contribution in [-0.4, -0.2) is 98.5 Å². The predicted molar refractivity (Wildman–Crippen MR) is 168 cm³/mol. The standard InChI is InChI=1S/C36H60O9/c1-31(2)13-14-36(19-39)21(15-31)20-7-8-24-32(3)11-10-26(45-30-29(43)28(42)27(41)22(17-37)44-30)33(4,18-38)23(32)9-12-34(24,5)35(20,6)16-25(36)40/h7,21-30,37-43H,8-19H2,1-6H3/t21-,22-,23+,24+,25-,26-,27-,28+,29-,30+,32-,33-,34+,35+,36+/m0/s1. The van der Waals surface area contributed by atoms with Gasteiger partial charge in [0.05, 0.1) is 32.0 Å². The van der Waals surface area contributed by atoms with Crippen LogP contribution in [0.1, 0.15) is 99.3 Å². The highest BCUT2D eigenvalue weighted by molar-refractivity contribution is 5.35. The van der Waals surface area contributed by atoms with E-state index in [-0.39, 0.29) is 46.7 Å². The molecule has 1 saturated heterocycles. The molecule has 0 spiro atoms. The molecule has 0 bridgehead atoms. The van der Waals surface area contributed by atoms with Crippen LogP contribution in [0.5, 0.6) is 0 Å². The van der Waals surface area contributed by atoms with Gasteiger partial charge in [0.25, 0.3) is 0 Å². The monoisotopic (exact) mass is 636 g/mol. The van der Waals surface area contributed by atoms with Gasteiger partial charge in [-0.25, -0.2) is 0 Å². The second-order valence-corrected chi connectivity index (χ2v) is 17.9. The largest absolute Gasteiger partial charge is 0.396 e. The molecule has 4 saturated carbocycles. The third-order valence-electron chi connectivity index (χ3n) is 15.4. The minimum Gasteiger partial charge on any atom is -0.396 e. The molecule has 0 unspecified atom stereocenters. The minimum absolute atomic E-state index is 0.0208. The van der Waals surface area contributed by atoms with Gasteiger partial charge in [-0.2, -0.15) is 0 Å². The second-order valence-electron chi connectivity index (χ2n) is 17.9. The van der Waals surface area contributed by atoms with Gasteiger partial charge in [-0.3, -0.25) is 0 Å². The quantitative estimate of drug-likeness (QED) is 0.178. The molecule has 15 atom stereocenters. The molecule has 6 rings (SSSR count). The maximum Gasteiger partial charge on any atom is 0.186 e. The summed E-state index contributed by atoms with van der Waals surface area (Å²) in [5, 5.41) is 74.8. The van der Waals surface area contributed by atoms with Crippen molar-refractivity contribution in [2.75, 3.05) is 19.8 Å². The van der Waals surface area contributed by atoms with E-state index in [0.29, 0.717) is 18.8 Å². The van der Waals surface area contributed by atoms with Crippen LogP contribution in [0.25, 0.3) is 0 Å². The molecule has 0 aromatic rings. The predicted octanol–water partition coefficient (Wildman–Crippen LogP) is 2.91. The number of ether oxygens (including phenoxy) is 2. The van der Waals surface area contributed by atoms with Crippen molar-refractivity contribution in [3.8, 4) is 0 Å². The Bertz CT molecular complexity index is 1160. The summed E-state index contributed by atoms with van der Waals surface area (Å²) in [7, 11) is 0. The highest BCUT2D eigenvalue weighted by atomic mass is 16.7. The van der Waals surface area contributed by atoms with Crippen molar-refractivity contribution in [1.29, 1.82) is 0 Å². The van der Waals surface area contributed by atoms with Gasteiger partial charge < -0.3 is 45.2 Å². The zero-order valence-corrected chi connectivity index (χ0v) is 28.3. The van der Waals surface area contributed by atoms with Crippen molar-refractivity contribution in [2.24, 2.45) is 50.2 Å². The van der Waals surface area contributed by atoms with Crippen LogP contribution in [0.15, 0.2) is 11.6 Å². The Morgan fingerprint density at radius 2 is 1.51 bits per heavy atom. The van der Waals surface area contributed by atoms with Gasteiger partial charge in [-0.15, -0.1) is 0 Å². The van der Waals surface area contributed by atoms with E-state index >= 15 is 0 Å². The fourth-order valence-electron chi connectivity index (χ4n) is 12.3. The smallest absolute Gasteiger partial charge is 0.186 e. The Morgan fingerprint density at radius 1 is 0.800 bits per heavy atom. The van der Waals surface area contributed by atoms with Crippen LogP contribution < -0.4 is 0 Å². The molecule has 0 aromatic heterocycles. The fourth-order valence-corrected chi connectivity index (χ4v) is 12.3. The van der Waals surface area contributed by atoms with Gasteiger partial charge in [-0.1, -0.05) is 53.2 Å². The maximum absolute atomic E-state index is 11.9. The van der Waals surface area contributed by atoms with Gasteiger partial charge in [0.1, 0.15) is 24.4 Å². The number of hydrogen-bond donors (Lipinski definition) is 7. The molecule has 0 radical (unpaired) electrons. The summed E-state index contributed by atoms with van der Waals surface area (Å²) in [5.74, 6) is 0.601. The number of aliphatic hydroxyl groups excluding tert-OH is 7. The van der Waals surface area contributed by atoms with Crippen LogP contribution in [0.4, 0.5) is 0 Å². The minimum atomic E-state index is -1.51. The number of hydrogen-bond acceptors (Lipinski definition) is 9. The van der Waals surface area contributed by atoms with Crippen LogP contribution in [0.3, 0.4) is 0 Å². The van der Waals surface area contributed by atoms with E-state index in [1.165, 1.54) is 5.57 Å². The van der Waals surface area contributed by atoms with E-state index < -0.39 is 60.4 Å². The molecular formula is C36H60O9. The molecular weight excluding hydrogens is 576 g/mol. The Balaban J connectivity index is 1.32. The molecule has 9 heteroatoms. The first kappa shape index (κ1) is 34.3. The number of aliphatic hydroxyl groups is 7. The molecule has 0 aromatic carbocycles. The normalized spacial score (nSPS) is 55.9. The first-order valence-electron chi connectivity index (χ1n) is 17.5. The van der Waals surface area contributed by atoms with E-state index in [2.05, 4.69) is 47.6 Å². The third kappa shape index (κ3) is 4.65. The number of allylic oxidation sites excluding steroid dienone is 2. The Labute approximate surface area is 269 Å². The van der Waals surface area contributed by atoms with Gasteiger partial charge in [0.2, 0.25) is 0 Å². The van der Waals surface area contributed by atoms with Crippen LogP contribution in [-0.2, 0) is 9.47 Å². The number of rotatable bonds is 5. The van der Waals surface area contributed by atoms with Crippen LogP contribution in [0, 0.1) is 50.2 Å². The molecule has 5 fully saturated rings. The molecule has 258 valence electrons. The van der Waals surface area contributed by atoms with E-state index in [4.69, 9.17) is 9.47 Å². The Morgan fingerprint density at radius 3 is 2.16 bits per heavy atom. The van der Waals surface area contributed by atoms with Crippen molar-refractivity contribution in [3.63, 3.8) is 0 Å². The van der Waals surface area contributed by atoms with E-state index in [1.54, 1.807) is 0 Å². The molecule has 1 aliphatic heterocycles. The van der Waals surface area contributed by atoms with Crippen molar-refractivity contribution in [2.45, 2.75) is 142 Å². The van der Waals surface area contributed by atoms with Crippen LogP contribution >= 0.6 is 0 Å². The molecule has 0 amide bonds. The van der Waals surface area contributed by atoms with Crippen molar-refractivity contribution >= 4 is 0 Å². The summed E-state index contributed by atoms with van der Waals surface area (Å²) < 4.78 is 12.1. The fraction of sp³-hybridized carbons (Fsp3) is 0.944. The molecule has 5 aliphatic carbocycles. The summed E-state index contributed by atoms with van der Waals surface area (Å²) in [6, 6.07) is 0. The summed E-state index contributed by atoms with van der Waals surface area (Å²) >= 11 is 0. The highest BCUT2D eigenvalue weighted by Crippen LogP contribution is 2.75. The summed E-state index contributed by atoms with van der Waals surface area (Å²) in [6.07, 6.45) is 2.50. The van der Waals surface area contributed by atoms with Crippen LogP contribution in [0.2, 0.25) is 0 Å². The first-order chi connectivity index (χ1) is 21.0. The maximum atomic E-state index is 11.9. The molecule has 7 N–H and O–H groups in total. The lowest BCUT2D eigenvalue weighted by molar-refractivity contribution is -0.333. The highest BCUT2D eigenvalue weighted by Gasteiger charge is 2.70. The van der Waals surface area contributed by atoms with Gasteiger partial charge in [-0.05, 0) is 97.2 Å². The SMILES string of the molecule is CC1(C)CC[C@]2(CO)[C@@H](O)C[C@]3(C)C(=CC[C@@H]4[C@@]5(C)CC[C@H](O[C@H]6O[C@@H](CO)[C@H](O)[C@@H](O)[C@@H]6O)[C@@](C)(CO)[C@@H]5CC[C@]43C)[C@@H]2C1. The average Bonchev–Trinajstić information content (AvgIpc) is 2.99. The molecule has 9 nitrogen and oxygen atoms in total. The van der Waals surface area contributed by atoms with Crippen molar-refractivity contribution < 1.29 is 45.2 Å². The first-order valence-corrected chi connectivity index (χ1v) is 17.5. The zero-order valence-electron chi connectivity index (χ0n) is 28.3. The average molecular weight is 637 g/mol. The third-order valence-corrected chi connectivity index (χ3v) is 15.4. The lowest BCUT2D eigenvalue weighted by atomic mass is 9.33. The lowest BCUT2D eigenvalue weighted by Crippen LogP contribution is -2.68. The summed E-state index contributed by atoms with van der Waals surface area (Å²) in [5.41, 5.74) is 0.0933. The van der Waals surface area contributed by atoms with E-state index in [9.17, 15) is 35.7 Å². The topological polar surface area (TPSA) is 160 Å².